The third-order valence-corrected chi connectivity index (χ3v) is 4.43. The van der Waals surface area contributed by atoms with Crippen LogP contribution in [0.15, 0.2) is 64.1 Å². The molecule has 138 valence electrons. The van der Waals surface area contributed by atoms with E-state index in [1.165, 1.54) is 23.5 Å². The van der Waals surface area contributed by atoms with E-state index in [0.717, 1.165) is 0 Å². The van der Waals surface area contributed by atoms with Crippen LogP contribution >= 0.6 is 11.3 Å². The Labute approximate surface area is 159 Å². The molecule has 0 bridgehead atoms. The van der Waals surface area contributed by atoms with Crippen LogP contribution in [0.25, 0.3) is 11.3 Å². The van der Waals surface area contributed by atoms with Gasteiger partial charge in [0.05, 0.1) is 35.7 Å². The van der Waals surface area contributed by atoms with Crippen LogP contribution in [0, 0.1) is 10.1 Å². The largest absolute Gasteiger partial charge is 0.383 e. The van der Waals surface area contributed by atoms with Gasteiger partial charge in [0.2, 0.25) is 4.80 Å². The molecule has 9 heteroatoms. The van der Waals surface area contributed by atoms with Crippen LogP contribution in [-0.2, 0) is 4.74 Å². The molecule has 0 atom stereocenters. The minimum Gasteiger partial charge on any atom is -0.383 e. The van der Waals surface area contributed by atoms with Gasteiger partial charge in [-0.2, -0.15) is 5.10 Å². The SMILES string of the molecule is COCCN=c1scc(-c2cccc([N+](=O)[O-])c2)n1/N=C\c1ccccn1. The Morgan fingerprint density at radius 3 is 2.96 bits per heavy atom. The van der Waals surface area contributed by atoms with E-state index >= 15 is 0 Å². The first-order valence-corrected chi connectivity index (χ1v) is 8.97. The number of thiazole rings is 1. The highest BCUT2D eigenvalue weighted by Gasteiger charge is 2.12. The molecule has 0 amide bonds. The van der Waals surface area contributed by atoms with Crippen LogP contribution < -0.4 is 4.80 Å². The van der Waals surface area contributed by atoms with E-state index < -0.39 is 4.92 Å². The van der Waals surface area contributed by atoms with Gasteiger partial charge in [0.15, 0.2) is 0 Å². The molecular formula is C18H17N5O3S. The van der Waals surface area contributed by atoms with E-state index in [2.05, 4.69) is 15.1 Å². The topological polar surface area (TPSA) is 94.9 Å². The van der Waals surface area contributed by atoms with Crippen LogP contribution in [0.3, 0.4) is 0 Å². The summed E-state index contributed by atoms with van der Waals surface area (Å²) < 4.78 is 6.71. The van der Waals surface area contributed by atoms with E-state index in [1.807, 2.05) is 23.6 Å². The zero-order valence-electron chi connectivity index (χ0n) is 14.6. The van der Waals surface area contributed by atoms with Gasteiger partial charge in [-0.15, -0.1) is 11.3 Å². The van der Waals surface area contributed by atoms with Crippen molar-refractivity contribution in [1.82, 2.24) is 9.66 Å². The number of methoxy groups -OCH3 is 1. The van der Waals surface area contributed by atoms with E-state index in [-0.39, 0.29) is 5.69 Å². The summed E-state index contributed by atoms with van der Waals surface area (Å²) in [5, 5.41) is 17.5. The molecule has 0 aliphatic rings. The molecule has 0 fully saturated rings. The smallest absolute Gasteiger partial charge is 0.270 e. The predicted molar refractivity (Wildman–Crippen MR) is 104 cm³/mol. The number of nitro benzene ring substituents is 1. The number of hydrogen-bond donors (Lipinski definition) is 0. The molecule has 0 saturated heterocycles. The van der Waals surface area contributed by atoms with Crippen molar-refractivity contribution in [3.63, 3.8) is 0 Å². The first-order chi connectivity index (χ1) is 13.2. The van der Waals surface area contributed by atoms with Crippen LogP contribution in [-0.4, -0.2) is 41.1 Å². The first-order valence-electron chi connectivity index (χ1n) is 8.09. The van der Waals surface area contributed by atoms with E-state index in [9.17, 15) is 10.1 Å². The molecule has 27 heavy (non-hydrogen) atoms. The Bertz CT molecular complexity index is 1010. The zero-order valence-corrected chi connectivity index (χ0v) is 15.4. The monoisotopic (exact) mass is 383 g/mol. The summed E-state index contributed by atoms with van der Waals surface area (Å²) in [4.78, 5) is 20.1. The van der Waals surface area contributed by atoms with Crippen molar-refractivity contribution in [2.75, 3.05) is 20.3 Å². The molecule has 2 aromatic heterocycles. The number of rotatable bonds is 7. The predicted octanol–water partition coefficient (Wildman–Crippen LogP) is 2.95. The number of ether oxygens (including phenoxy) is 1. The molecule has 0 aliphatic heterocycles. The van der Waals surface area contributed by atoms with E-state index in [4.69, 9.17) is 4.74 Å². The maximum atomic E-state index is 11.1. The molecule has 2 heterocycles. The highest BCUT2D eigenvalue weighted by molar-refractivity contribution is 7.07. The first kappa shape index (κ1) is 18.6. The summed E-state index contributed by atoms with van der Waals surface area (Å²) in [6.07, 6.45) is 3.31. The van der Waals surface area contributed by atoms with Gasteiger partial charge in [0, 0.05) is 36.4 Å². The van der Waals surface area contributed by atoms with Gasteiger partial charge in [-0.3, -0.25) is 20.1 Å². The molecule has 0 unspecified atom stereocenters. The number of nitro groups is 1. The normalized spacial score (nSPS) is 12.0. The van der Waals surface area contributed by atoms with Gasteiger partial charge in [-0.25, -0.2) is 4.68 Å². The van der Waals surface area contributed by atoms with Crippen LogP contribution in [0.1, 0.15) is 5.69 Å². The lowest BCUT2D eigenvalue weighted by Crippen LogP contribution is -2.14. The highest BCUT2D eigenvalue weighted by Crippen LogP contribution is 2.24. The molecule has 0 radical (unpaired) electrons. The second-order valence-corrected chi connectivity index (χ2v) is 6.23. The Morgan fingerprint density at radius 1 is 1.33 bits per heavy atom. The minimum atomic E-state index is -0.415. The fraction of sp³-hybridized carbons (Fsp3) is 0.167. The molecular weight excluding hydrogens is 366 g/mol. The lowest BCUT2D eigenvalue weighted by molar-refractivity contribution is -0.384. The molecule has 0 spiro atoms. The third-order valence-electron chi connectivity index (χ3n) is 3.57. The molecule has 0 N–H and O–H groups in total. The zero-order chi connectivity index (χ0) is 19.1. The van der Waals surface area contributed by atoms with Crippen molar-refractivity contribution in [2.45, 2.75) is 0 Å². The summed E-state index contributed by atoms with van der Waals surface area (Å²) in [6, 6.07) is 12.0. The highest BCUT2D eigenvalue weighted by atomic mass is 32.1. The number of pyridine rings is 1. The Morgan fingerprint density at radius 2 is 2.22 bits per heavy atom. The molecule has 0 aliphatic carbocycles. The second kappa shape index (κ2) is 8.97. The molecule has 3 rings (SSSR count). The van der Waals surface area contributed by atoms with Crippen molar-refractivity contribution < 1.29 is 9.66 Å². The lowest BCUT2D eigenvalue weighted by atomic mass is 10.1. The summed E-state index contributed by atoms with van der Waals surface area (Å²) in [6.45, 7) is 0.985. The molecule has 8 nitrogen and oxygen atoms in total. The van der Waals surface area contributed by atoms with Crippen LogP contribution in [0.4, 0.5) is 5.69 Å². The average Bonchev–Trinajstić information content (AvgIpc) is 3.10. The number of hydrogen-bond acceptors (Lipinski definition) is 7. The van der Waals surface area contributed by atoms with Gasteiger partial charge in [-0.1, -0.05) is 18.2 Å². The average molecular weight is 383 g/mol. The molecule has 0 saturated carbocycles. The number of nitrogens with zero attached hydrogens (tertiary/aromatic N) is 5. The van der Waals surface area contributed by atoms with Gasteiger partial charge >= 0.3 is 0 Å². The summed E-state index contributed by atoms with van der Waals surface area (Å²) in [5.74, 6) is 0. The lowest BCUT2D eigenvalue weighted by Gasteiger charge is -2.03. The number of non-ortho nitro benzene ring substituents is 1. The third kappa shape index (κ3) is 4.72. The Kier molecular flexibility index (Phi) is 6.18. The van der Waals surface area contributed by atoms with Crippen molar-refractivity contribution in [2.24, 2.45) is 10.1 Å². The van der Waals surface area contributed by atoms with Crippen molar-refractivity contribution >= 4 is 23.2 Å². The van der Waals surface area contributed by atoms with E-state index in [1.54, 1.807) is 36.3 Å². The second-order valence-electron chi connectivity index (χ2n) is 5.40. The number of benzene rings is 1. The van der Waals surface area contributed by atoms with Gasteiger partial charge in [0.25, 0.3) is 5.69 Å². The maximum absolute atomic E-state index is 11.1. The van der Waals surface area contributed by atoms with Crippen molar-refractivity contribution in [1.29, 1.82) is 0 Å². The maximum Gasteiger partial charge on any atom is 0.270 e. The van der Waals surface area contributed by atoms with Gasteiger partial charge in [-0.05, 0) is 12.1 Å². The Hall–Kier alpha value is -3.17. The summed E-state index contributed by atoms with van der Waals surface area (Å²) in [7, 11) is 1.62. The Balaban J connectivity index is 2.06. The quantitative estimate of drug-likeness (QED) is 0.271. The summed E-state index contributed by atoms with van der Waals surface area (Å²) >= 11 is 1.41. The fourth-order valence-electron chi connectivity index (χ4n) is 2.30. The van der Waals surface area contributed by atoms with Crippen molar-refractivity contribution in [3.8, 4) is 11.3 Å². The van der Waals surface area contributed by atoms with Gasteiger partial charge < -0.3 is 4.74 Å². The summed E-state index contributed by atoms with van der Waals surface area (Å²) in [5.41, 5.74) is 2.12. The standard InChI is InChI=1S/C18H17N5O3S/c1-26-10-9-20-18-22(21-12-15-6-2-3-8-19-15)17(13-27-18)14-5-4-7-16(11-14)23(24)25/h2-8,11-13H,9-10H2,1H3/b20-18?,21-12-. The molecule has 3 aromatic rings. The fourth-order valence-corrected chi connectivity index (χ4v) is 3.16. The number of aromatic nitrogens is 2. The van der Waals surface area contributed by atoms with Crippen LogP contribution in [0.2, 0.25) is 0 Å². The van der Waals surface area contributed by atoms with Crippen LogP contribution in [0.5, 0.6) is 0 Å². The van der Waals surface area contributed by atoms with Crippen molar-refractivity contribution in [3.05, 3.63) is 74.7 Å². The minimum absolute atomic E-state index is 0.0248. The molecule has 1 aromatic carbocycles. The van der Waals surface area contributed by atoms with Gasteiger partial charge in [0.1, 0.15) is 0 Å². The van der Waals surface area contributed by atoms with E-state index in [0.29, 0.717) is 34.9 Å².